The zero-order valence-corrected chi connectivity index (χ0v) is 6.02. The summed E-state index contributed by atoms with van der Waals surface area (Å²) in [6.45, 7) is 0. The van der Waals surface area contributed by atoms with Gasteiger partial charge in [0.05, 0.1) is 0 Å². The largest absolute Gasteiger partial charge is 0.479 e. The van der Waals surface area contributed by atoms with Gasteiger partial charge in [0.1, 0.15) is 6.17 Å². The molecule has 1 rings (SSSR count). The number of carboxylic acid groups (broad SMARTS) is 1. The number of carboxylic acids is 1. The third-order valence-corrected chi connectivity index (χ3v) is 2.09. The molecule has 1 aliphatic rings. The summed E-state index contributed by atoms with van der Waals surface area (Å²) in [5, 5.41) is 8.39. The molecule has 11 heavy (non-hydrogen) atoms. The molecule has 1 N–H and O–H groups in total. The van der Waals surface area contributed by atoms with E-state index in [1.165, 1.54) is 0 Å². The number of alkyl halides is 2. The van der Waals surface area contributed by atoms with Crippen LogP contribution in [0.25, 0.3) is 0 Å². The number of hydrogen-bond acceptors (Lipinski definition) is 1. The summed E-state index contributed by atoms with van der Waals surface area (Å²) >= 11 is 0. The van der Waals surface area contributed by atoms with Crippen molar-refractivity contribution in [1.29, 1.82) is 0 Å². The van der Waals surface area contributed by atoms with Gasteiger partial charge in [0.25, 0.3) is 0 Å². The van der Waals surface area contributed by atoms with Crippen LogP contribution in [0, 0.1) is 0 Å². The fraction of sp³-hybridized carbons (Fsp3) is 0.857. The first-order valence-corrected chi connectivity index (χ1v) is 3.61. The van der Waals surface area contributed by atoms with Crippen molar-refractivity contribution in [2.24, 2.45) is 0 Å². The lowest BCUT2D eigenvalue weighted by molar-refractivity contribution is -0.153. The first-order valence-electron chi connectivity index (χ1n) is 3.61. The Hall–Kier alpha value is -0.670. The van der Waals surface area contributed by atoms with E-state index < -0.39 is 17.8 Å². The molecule has 0 heterocycles. The summed E-state index contributed by atoms with van der Waals surface area (Å²) in [5.74, 6) is -1.45. The molecule has 0 amide bonds. The Morgan fingerprint density at radius 3 is 2.27 bits per heavy atom. The topological polar surface area (TPSA) is 37.3 Å². The van der Waals surface area contributed by atoms with Crippen molar-refractivity contribution in [2.45, 2.75) is 37.5 Å². The van der Waals surface area contributed by atoms with Crippen LogP contribution >= 0.6 is 0 Å². The van der Waals surface area contributed by atoms with Crippen molar-refractivity contribution >= 4 is 5.97 Å². The lowest BCUT2D eigenvalue weighted by Gasteiger charge is -2.26. The monoisotopic (exact) mass is 164 g/mol. The maximum atomic E-state index is 13.1. The van der Waals surface area contributed by atoms with E-state index in [9.17, 15) is 13.6 Å². The van der Waals surface area contributed by atoms with Crippen molar-refractivity contribution < 1.29 is 18.7 Å². The SMILES string of the molecule is O=C(O)C1(F)CCC(F)CC1. The molecule has 0 aromatic carbocycles. The third-order valence-electron chi connectivity index (χ3n) is 2.09. The van der Waals surface area contributed by atoms with E-state index in [-0.39, 0.29) is 25.7 Å². The number of halogens is 2. The Morgan fingerprint density at radius 2 is 1.91 bits per heavy atom. The van der Waals surface area contributed by atoms with E-state index in [0.29, 0.717) is 0 Å². The van der Waals surface area contributed by atoms with Gasteiger partial charge in [-0.05, 0) is 25.7 Å². The van der Waals surface area contributed by atoms with Crippen LogP contribution in [-0.2, 0) is 4.79 Å². The summed E-state index contributed by atoms with van der Waals surface area (Å²) in [6, 6.07) is 0. The maximum Gasteiger partial charge on any atom is 0.341 e. The summed E-state index contributed by atoms with van der Waals surface area (Å²) in [5.41, 5.74) is -2.16. The van der Waals surface area contributed by atoms with Gasteiger partial charge >= 0.3 is 5.97 Å². The zero-order chi connectivity index (χ0) is 8.48. The molecule has 0 atom stereocenters. The number of carbonyl (C=O) groups is 1. The van der Waals surface area contributed by atoms with E-state index in [2.05, 4.69) is 0 Å². The van der Waals surface area contributed by atoms with Crippen LogP contribution in [0.1, 0.15) is 25.7 Å². The molecular formula is C7H10F2O2. The van der Waals surface area contributed by atoms with Gasteiger partial charge in [-0.2, -0.15) is 0 Å². The molecule has 0 aromatic rings. The normalized spacial score (nSPS) is 38.5. The van der Waals surface area contributed by atoms with Crippen molar-refractivity contribution in [3.05, 3.63) is 0 Å². The molecule has 0 radical (unpaired) electrons. The van der Waals surface area contributed by atoms with Gasteiger partial charge in [-0.25, -0.2) is 13.6 Å². The van der Waals surface area contributed by atoms with Gasteiger partial charge in [-0.15, -0.1) is 0 Å². The summed E-state index contributed by atoms with van der Waals surface area (Å²) in [7, 11) is 0. The fourth-order valence-corrected chi connectivity index (χ4v) is 1.25. The van der Waals surface area contributed by atoms with Crippen LogP contribution in [-0.4, -0.2) is 22.9 Å². The molecule has 1 fully saturated rings. The number of rotatable bonds is 1. The Balaban J connectivity index is 2.55. The molecule has 64 valence electrons. The van der Waals surface area contributed by atoms with E-state index in [4.69, 9.17) is 5.11 Å². The Morgan fingerprint density at radius 1 is 1.45 bits per heavy atom. The van der Waals surface area contributed by atoms with E-state index in [1.807, 2.05) is 0 Å². The first-order chi connectivity index (χ1) is 5.04. The van der Waals surface area contributed by atoms with Gasteiger partial charge in [0.15, 0.2) is 0 Å². The lowest BCUT2D eigenvalue weighted by atomic mass is 9.85. The van der Waals surface area contributed by atoms with Crippen molar-refractivity contribution in [1.82, 2.24) is 0 Å². The lowest BCUT2D eigenvalue weighted by Crippen LogP contribution is -2.38. The minimum atomic E-state index is -2.16. The second-order valence-corrected chi connectivity index (χ2v) is 2.95. The van der Waals surface area contributed by atoms with Gasteiger partial charge in [-0.3, -0.25) is 0 Å². The predicted molar refractivity (Wildman–Crippen MR) is 34.8 cm³/mol. The second kappa shape index (κ2) is 2.75. The molecule has 1 aliphatic carbocycles. The molecule has 0 aliphatic heterocycles. The number of aliphatic carboxylic acids is 1. The molecule has 4 heteroatoms. The average molecular weight is 164 g/mol. The Labute approximate surface area is 63.2 Å². The molecule has 0 unspecified atom stereocenters. The molecule has 0 saturated heterocycles. The van der Waals surface area contributed by atoms with E-state index >= 15 is 0 Å². The van der Waals surface area contributed by atoms with Gasteiger partial charge < -0.3 is 5.11 Å². The Bertz CT molecular complexity index is 162. The molecule has 0 spiro atoms. The summed E-state index contributed by atoms with van der Waals surface area (Å²) in [4.78, 5) is 10.3. The maximum absolute atomic E-state index is 13.1. The third kappa shape index (κ3) is 1.67. The number of hydrogen-bond donors (Lipinski definition) is 1. The van der Waals surface area contributed by atoms with Crippen molar-refractivity contribution in [3.63, 3.8) is 0 Å². The highest BCUT2D eigenvalue weighted by atomic mass is 19.1. The van der Waals surface area contributed by atoms with Crippen LogP contribution < -0.4 is 0 Å². The van der Waals surface area contributed by atoms with Crippen LogP contribution in [0.3, 0.4) is 0 Å². The minimum Gasteiger partial charge on any atom is -0.479 e. The van der Waals surface area contributed by atoms with Crippen LogP contribution in [0.4, 0.5) is 8.78 Å². The van der Waals surface area contributed by atoms with Crippen LogP contribution in [0.2, 0.25) is 0 Å². The smallest absolute Gasteiger partial charge is 0.341 e. The molecule has 0 aromatic heterocycles. The van der Waals surface area contributed by atoms with Crippen LogP contribution in [0.15, 0.2) is 0 Å². The van der Waals surface area contributed by atoms with E-state index in [1.54, 1.807) is 0 Å². The highest BCUT2D eigenvalue weighted by Gasteiger charge is 2.42. The predicted octanol–water partition coefficient (Wildman–Crippen LogP) is 1.69. The average Bonchev–Trinajstić information content (AvgIpc) is 1.95. The van der Waals surface area contributed by atoms with Crippen molar-refractivity contribution in [2.75, 3.05) is 0 Å². The molecule has 1 saturated carbocycles. The van der Waals surface area contributed by atoms with Crippen molar-refractivity contribution in [3.8, 4) is 0 Å². The van der Waals surface area contributed by atoms with Gasteiger partial charge in [-0.1, -0.05) is 0 Å². The standard InChI is InChI=1S/C7H10F2O2/c8-5-1-3-7(9,4-2-5)6(10)11/h5H,1-4H2,(H,10,11). The summed E-state index contributed by atoms with van der Waals surface area (Å²) in [6.07, 6.45) is -1.34. The molecule has 2 nitrogen and oxygen atoms in total. The van der Waals surface area contributed by atoms with E-state index in [0.717, 1.165) is 0 Å². The first kappa shape index (κ1) is 8.43. The van der Waals surface area contributed by atoms with Crippen LogP contribution in [0.5, 0.6) is 0 Å². The molecule has 0 bridgehead atoms. The second-order valence-electron chi connectivity index (χ2n) is 2.95. The highest BCUT2D eigenvalue weighted by molar-refractivity contribution is 5.77. The highest BCUT2D eigenvalue weighted by Crippen LogP contribution is 2.33. The summed E-state index contributed by atoms with van der Waals surface area (Å²) < 4.78 is 25.5. The van der Waals surface area contributed by atoms with Gasteiger partial charge in [0, 0.05) is 0 Å². The zero-order valence-electron chi connectivity index (χ0n) is 6.02. The van der Waals surface area contributed by atoms with Gasteiger partial charge in [0.2, 0.25) is 5.67 Å². The minimum absolute atomic E-state index is 0.0306. The Kier molecular flexibility index (Phi) is 2.11. The fourth-order valence-electron chi connectivity index (χ4n) is 1.25. The quantitative estimate of drug-likeness (QED) is 0.640. The molecular weight excluding hydrogens is 154 g/mol.